The van der Waals surface area contributed by atoms with Crippen molar-refractivity contribution in [3.05, 3.63) is 146 Å². The molecule has 0 bridgehead atoms. The summed E-state index contributed by atoms with van der Waals surface area (Å²) in [6.45, 7) is 5.90. The third-order valence-electron chi connectivity index (χ3n) is 7.69. The summed E-state index contributed by atoms with van der Waals surface area (Å²) in [4.78, 5) is 10.1. The molecular formula is C44H42O2S4Se. The van der Waals surface area contributed by atoms with Gasteiger partial charge in [-0.3, -0.25) is 0 Å². The Bertz CT molecular complexity index is 1820. The van der Waals surface area contributed by atoms with Gasteiger partial charge in [-0.2, -0.15) is 0 Å². The van der Waals surface area contributed by atoms with Gasteiger partial charge in [0, 0.05) is 0 Å². The van der Waals surface area contributed by atoms with E-state index in [1.165, 1.54) is 48.1 Å². The van der Waals surface area contributed by atoms with Gasteiger partial charge in [0.1, 0.15) is 0 Å². The van der Waals surface area contributed by atoms with E-state index in [1.807, 2.05) is 47.0 Å². The Kier molecular flexibility index (Phi) is 14.9. The Morgan fingerprint density at radius 1 is 0.392 bits per heavy atom. The predicted octanol–water partition coefficient (Wildman–Crippen LogP) is 12.3. The Morgan fingerprint density at radius 3 is 1.10 bits per heavy atom. The molecule has 0 aromatic heterocycles. The first kappa shape index (κ1) is 37.6. The van der Waals surface area contributed by atoms with E-state index in [-0.39, 0.29) is 15.0 Å². The third-order valence-corrected chi connectivity index (χ3v) is 15.4. The minimum atomic E-state index is 0.124. The zero-order valence-electron chi connectivity index (χ0n) is 29.0. The Morgan fingerprint density at radius 2 is 0.725 bits per heavy atom. The first-order chi connectivity index (χ1) is 25.2. The number of benzene rings is 6. The molecule has 6 aromatic carbocycles. The zero-order chi connectivity index (χ0) is 35.1. The molecule has 0 heterocycles. The Labute approximate surface area is 327 Å². The van der Waals surface area contributed by atoms with Crippen molar-refractivity contribution in [2.24, 2.45) is 0 Å². The molecule has 0 saturated heterocycles. The zero-order valence-corrected chi connectivity index (χ0v) is 33.9. The average Bonchev–Trinajstić information content (AvgIpc) is 3.16. The van der Waals surface area contributed by atoms with Gasteiger partial charge in [0.15, 0.2) is 0 Å². The fourth-order valence-corrected chi connectivity index (χ4v) is 11.7. The maximum absolute atomic E-state index is 5.89. The van der Waals surface area contributed by atoms with Gasteiger partial charge < -0.3 is 0 Å². The molecule has 0 spiro atoms. The molecule has 0 N–H and O–H groups in total. The molecular weight excluding hydrogens is 768 g/mol. The van der Waals surface area contributed by atoms with Crippen molar-refractivity contribution in [3.63, 3.8) is 0 Å². The second kappa shape index (κ2) is 20.2. The number of hydrogen-bond donors (Lipinski definition) is 0. The van der Waals surface area contributed by atoms with Crippen LogP contribution >= 0.6 is 47.0 Å². The van der Waals surface area contributed by atoms with Crippen molar-refractivity contribution in [3.8, 4) is 11.5 Å². The molecule has 2 nitrogen and oxygen atoms in total. The molecule has 6 rings (SSSR count). The Balaban J connectivity index is 1.16. The van der Waals surface area contributed by atoms with Crippen LogP contribution in [0.25, 0.3) is 0 Å². The van der Waals surface area contributed by atoms with Crippen LogP contribution in [0.5, 0.6) is 11.5 Å². The van der Waals surface area contributed by atoms with Gasteiger partial charge in [-0.15, -0.1) is 0 Å². The minimum absolute atomic E-state index is 0.124. The van der Waals surface area contributed by atoms with Crippen molar-refractivity contribution in [2.45, 2.75) is 78.7 Å². The molecule has 0 aliphatic rings. The van der Waals surface area contributed by atoms with Gasteiger partial charge in [0.05, 0.1) is 0 Å². The molecule has 0 fully saturated rings. The second-order valence-electron chi connectivity index (χ2n) is 11.6. The molecule has 7 heteroatoms. The predicted molar refractivity (Wildman–Crippen MR) is 221 cm³/mol. The van der Waals surface area contributed by atoms with Crippen LogP contribution in [0.2, 0.25) is 0 Å². The summed E-state index contributed by atoms with van der Waals surface area (Å²) < 4.78 is 14.6. The molecule has 0 amide bonds. The molecule has 51 heavy (non-hydrogen) atoms. The molecule has 0 aliphatic carbocycles. The molecule has 6 aromatic rings. The average molecular weight is 810 g/mol. The van der Waals surface area contributed by atoms with E-state index in [9.17, 15) is 0 Å². The normalized spacial score (nSPS) is 11.0. The summed E-state index contributed by atoms with van der Waals surface area (Å²) in [5.41, 5.74) is 0. The van der Waals surface area contributed by atoms with Crippen molar-refractivity contribution in [1.82, 2.24) is 0 Å². The van der Waals surface area contributed by atoms with Crippen molar-refractivity contribution in [2.75, 3.05) is 13.2 Å². The van der Waals surface area contributed by atoms with Gasteiger partial charge in [-0.1, -0.05) is 26.7 Å². The first-order valence-corrected chi connectivity index (χ1v) is 22.4. The van der Waals surface area contributed by atoms with Crippen LogP contribution in [-0.4, -0.2) is 28.2 Å². The van der Waals surface area contributed by atoms with E-state index in [0.717, 1.165) is 50.4 Å². The van der Waals surface area contributed by atoms with Crippen LogP contribution in [0, 0.1) is 0 Å². The molecule has 0 saturated carbocycles. The molecule has 0 atom stereocenters. The third kappa shape index (κ3) is 11.4. The van der Waals surface area contributed by atoms with E-state index in [0.29, 0.717) is 0 Å². The molecule has 260 valence electrons. The standard InChI is InChI=1S/C44H42O2S4Se/c1-3-5-31-45-33-23-27-35(28-24-33)47-37-15-7-9-17-39(37)49-41-19-11-13-21-43(41)51-44-22-14-12-20-42(44)50-40-18-10-8-16-38(40)48-36-29-25-34(26-30-36)46-32-6-4-2/h7-30H,3-6,31-32H2,1-2H3. The van der Waals surface area contributed by atoms with Crippen LogP contribution in [0.1, 0.15) is 39.5 Å². The van der Waals surface area contributed by atoms with Gasteiger partial charge in [-0.05, 0) is 12.8 Å². The fraction of sp³-hybridized carbons (Fsp3) is 0.182. The van der Waals surface area contributed by atoms with E-state index >= 15 is 0 Å². The van der Waals surface area contributed by atoms with Crippen LogP contribution < -0.4 is 18.4 Å². The Hall–Kier alpha value is -3.16. The van der Waals surface area contributed by atoms with E-state index in [2.05, 4.69) is 159 Å². The summed E-state index contributed by atoms with van der Waals surface area (Å²) in [6, 6.07) is 52.3. The first-order valence-electron chi connectivity index (χ1n) is 17.4. The summed E-state index contributed by atoms with van der Waals surface area (Å²) in [6.07, 6.45) is 4.43. The van der Waals surface area contributed by atoms with Crippen LogP contribution in [0.3, 0.4) is 0 Å². The van der Waals surface area contributed by atoms with Gasteiger partial charge in [-0.25, -0.2) is 0 Å². The molecule has 0 unspecified atom stereocenters. The van der Waals surface area contributed by atoms with Gasteiger partial charge >= 0.3 is 290 Å². The van der Waals surface area contributed by atoms with Crippen LogP contribution in [-0.2, 0) is 0 Å². The van der Waals surface area contributed by atoms with E-state index in [1.54, 1.807) is 0 Å². The van der Waals surface area contributed by atoms with Crippen molar-refractivity contribution in [1.29, 1.82) is 0 Å². The van der Waals surface area contributed by atoms with Crippen LogP contribution in [0.4, 0.5) is 0 Å². The number of rotatable bonds is 18. The van der Waals surface area contributed by atoms with E-state index in [4.69, 9.17) is 9.47 Å². The number of ether oxygens (including phenoxy) is 2. The molecule has 0 radical (unpaired) electrons. The summed E-state index contributed by atoms with van der Waals surface area (Å²) in [5.74, 6) is 1.87. The van der Waals surface area contributed by atoms with Crippen molar-refractivity contribution < 1.29 is 9.47 Å². The second-order valence-corrected chi connectivity index (χ2v) is 18.3. The SMILES string of the molecule is CCCCOc1ccc(Sc2ccccc2Sc2ccccc2[Se]c2ccccc2Sc2ccccc2Sc2ccc(OCCCC)cc2)cc1. The summed E-state index contributed by atoms with van der Waals surface area (Å²) >= 11 is 7.47. The van der Waals surface area contributed by atoms with Crippen molar-refractivity contribution >= 4 is 70.9 Å². The fourth-order valence-electron chi connectivity index (χ4n) is 4.96. The van der Waals surface area contributed by atoms with Crippen LogP contribution in [0.15, 0.2) is 185 Å². The van der Waals surface area contributed by atoms with Gasteiger partial charge in [0.25, 0.3) is 0 Å². The maximum atomic E-state index is 5.89. The monoisotopic (exact) mass is 810 g/mol. The topological polar surface area (TPSA) is 18.5 Å². The summed E-state index contributed by atoms with van der Waals surface area (Å²) in [5, 5.41) is 0. The van der Waals surface area contributed by atoms with Gasteiger partial charge in [0.2, 0.25) is 0 Å². The van der Waals surface area contributed by atoms with E-state index < -0.39 is 0 Å². The summed E-state index contributed by atoms with van der Waals surface area (Å²) in [7, 11) is 0. The number of unbranched alkanes of at least 4 members (excludes halogenated alkanes) is 2. The quantitative estimate of drug-likeness (QED) is 0.0631. The molecule has 0 aliphatic heterocycles. The number of hydrogen-bond acceptors (Lipinski definition) is 6.